The Balaban J connectivity index is 1.75. The first-order chi connectivity index (χ1) is 14.5. The monoisotopic (exact) mass is 442 g/mol. The number of amides is 1. The number of benzene rings is 2. The Morgan fingerprint density at radius 2 is 1.71 bits per heavy atom. The van der Waals surface area contributed by atoms with Crippen LogP contribution in [0.25, 0.3) is 0 Å². The van der Waals surface area contributed by atoms with E-state index in [0.29, 0.717) is 6.54 Å². The van der Waals surface area contributed by atoms with Gasteiger partial charge in [-0.05, 0) is 51.8 Å². The van der Waals surface area contributed by atoms with Crippen LogP contribution < -0.4 is 0 Å². The number of carbonyl (C=O) groups is 1. The molecule has 3 atom stereocenters. The van der Waals surface area contributed by atoms with Gasteiger partial charge in [-0.1, -0.05) is 48.0 Å². The number of piperidine rings is 1. The lowest BCUT2D eigenvalue weighted by Gasteiger charge is -2.37. The van der Waals surface area contributed by atoms with E-state index in [2.05, 4.69) is 0 Å². The van der Waals surface area contributed by atoms with Crippen molar-refractivity contribution in [2.75, 3.05) is 13.6 Å². The lowest BCUT2D eigenvalue weighted by Crippen LogP contribution is -2.48. The van der Waals surface area contributed by atoms with Crippen molar-refractivity contribution < 1.29 is 17.9 Å². The maximum atomic E-state index is 13.7. The molecule has 1 saturated heterocycles. The highest BCUT2D eigenvalue weighted by atomic mass is 32.2. The van der Waals surface area contributed by atoms with Gasteiger partial charge in [0.2, 0.25) is 10.0 Å². The van der Waals surface area contributed by atoms with Crippen LogP contribution in [0.2, 0.25) is 0 Å². The smallest absolute Gasteiger partial charge is 0.410 e. The number of likely N-dealkylation sites (N-methyl/N-ethyl adjacent to an activating group) is 1. The molecule has 4 rings (SSSR count). The molecule has 2 aromatic rings. The zero-order valence-electron chi connectivity index (χ0n) is 18.7. The van der Waals surface area contributed by atoms with Crippen LogP contribution in [0.4, 0.5) is 4.79 Å². The highest BCUT2D eigenvalue weighted by molar-refractivity contribution is 7.89. The van der Waals surface area contributed by atoms with E-state index in [1.165, 1.54) is 0 Å². The normalized spacial score (nSPS) is 25.7. The first-order valence-corrected chi connectivity index (χ1v) is 12.0. The molecule has 2 aromatic carbocycles. The molecule has 1 aliphatic carbocycles. The maximum Gasteiger partial charge on any atom is 0.410 e. The fourth-order valence-electron chi connectivity index (χ4n) is 4.73. The standard InChI is InChI=1S/C24H30N2O4S/c1-17-11-13-20(14-12-17)31(28,29)26-16-19-15-24(19,21(26)18-9-7-6-8-10-18)25(5)22(27)30-23(2,3)4/h6-14,19,21H,15-16H2,1-5H3/t19-,21-,24+/m0/s1. The second-order valence-electron chi connectivity index (χ2n) is 9.63. The Hall–Kier alpha value is -2.38. The fourth-order valence-corrected chi connectivity index (χ4v) is 6.44. The molecule has 0 N–H and O–H groups in total. The van der Waals surface area contributed by atoms with E-state index in [1.807, 2.05) is 70.2 Å². The molecule has 6 nitrogen and oxygen atoms in total. The Labute approximate surface area is 184 Å². The predicted molar refractivity (Wildman–Crippen MR) is 119 cm³/mol. The first kappa shape index (κ1) is 21.8. The van der Waals surface area contributed by atoms with E-state index in [9.17, 15) is 13.2 Å². The van der Waals surface area contributed by atoms with E-state index in [0.717, 1.165) is 17.5 Å². The SMILES string of the molecule is Cc1ccc(S(=O)(=O)N2C[C@@H]3C[C@]3(N(C)C(=O)OC(C)(C)C)[C@@H]2c2ccccc2)cc1. The number of hydrogen-bond donors (Lipinski definition) is 0. The average molecular weight is 443 g/mol. The van der Waals surface area contributed by atoms with Gasteiger partial charge in [-0.25, -0.2) is 13.2 Å². The van der Waals surface area contributed by atoms with Crippen LogP contribution in [0.5, 0.6) is 0 Å². The number of aryl methyl sites for hydroxylation is 1. The van der Waals surface area contributed by atoms with Crippen molar-refractivity contribution in [2.24, 2.45) is 5.92 Å². The molecule has 0 bridgehead atoms. The summed E-state index contributed by atoms with van der Waals surface area (Å²) >= 11 is 0. The molecule has 0 unspecified atom stereocenters. The molecule has 31 heavy (non-hydrogen) atoms. The van der Waals surface area contributed by atoms with Crippen molar-refractivity contribution >= 4 is 16.1 Å². The summed E-state index contributed by atoms with van der Waals surface area (Å²) in [4.78, 5) is 14.9. The van der Waals surface area contributed by atoms with Crippen molar-refractivity contribution in [1.29, 1.82) is 0 Å². The molecule has 2 aliphatic rings. The van der Waals surface area contributed by atoms with Gasteiger partial charge in [-0.2, -0.15) is 4.31 Å². The van der Waals surface area contributed by atoms with Crippen LogP contribution in [-0.4, -0.2) is 48.4 Å². The summed E-state index contributed by atoms with van der Waals surface area (Å²) in [7, 11) is -2.01. The van der Waals surface area contributed by atoms with Crippen molar-refractivity contribution in [3.05, 3.63) is 65.7 Å². The van der Waals surface area contributed by atoms with Crippen molar-refractivity contribution in [1.82, 2.24) is 9.21 Å². The zero-order chi connectivity index (χ0) is 22.6. The topological polar surface area (TPSA) is 66.9 Å². The minimum atomic E-state index is -3.73. The van der Waals surface area contributed by atoms with Gasteiger partial charge >= 0.3 is 6.09 Å². The number of hydrogen-bond acceptors (Lipinski definition) is 4. The minimum Gasteiger partial charge on any atom is -0.444 e. The predicted octanol–water partition coefficient (Wildman–Crippen LogP) is 4.37. The quantitative estimate of drug-likeness (QED) is 0.705. The second-order valence-corrected chi connectivity index (χ2v) is 11.5. The third-order valence-corrected chi connectivity index (χ3v) is 8.16. The Morgan fingerprint density at radius 1 is 1.10 bits per heavy atom. The van der Waals surface area contributed by atoms with E-state index in [-0.39, 0.29) is 10.8 Å². The third kappa shape index (κ3) is 3.74. The van der Waals surface area contributed by atoms with Crippen LogP contribution in [0, 0.1) is 12.8 Å². The summed E-state index contributed by atoms with van der Waals surface area (Å²) < 4.78 is 34.5. The van der Waals surface area contributed by atoms with Crippen molar-refractivity contribution in [2.45, 2.75) is 56.2 Å². The minimum absolute atomic E-state index is 0.0652. The molecule has 7 heteroatoms. The summed E-state index contributed by atoms with van der Waals surface area (Å²) in [5.41, 5.74) is 0.653. The molecule has 166 valence electrons. The molecule has 1 amide bonds. The van der Waals surface area contributed by atoms with Gasteiger partial charge in [0.25, 0.3) is 0 Å². The summed E-state index contributed by atoms with van der Waals surface area (Å²) in [6.45, 7) is 7.80. The number of rotatable bonds is 4. The van der Waals surface area contributed by atoms with Gasteiger partial charge in [0, 0.05) is 19.5 Å². The van der Waals surface area contributed by atoms with E-state index >= 15 is 0 Å². The molecule has 0 aromatic heterocycles. The third-order valence-electron chi connectivity index (χ3n) is 6.32. The molecule has 1 aliphatic heterocycles. The van der Waals surface area contributed by atoms with Gasteiger partial charge in [-0.3, -0.25) is 0 Å². The molecule has 0 spiro atoms. The lowest BCUT2D eigenvalue weighted by molar-refractivity contribution is 0.0141. The Kier molecular flexibility index (Phi) is 5.17. The fraction of sp³-hybridized carbons (Fsp3) is 0.458. The average Bonchev–Trinajstić information content (AvgIpc) is 3.32. The maximum absolute atomic E-state index is 13.7. The highest BCUT2D eigenvalue weighted by Crippen LogP contribution is 2.64. The molecule has 1 saturated carbocycles. The van der Waals surface area contributed by atoms with Gasteiger partial charge < -0.3 is 9.64 Å². The van der Waals surface area contributed by atoms with E-state index in [1.54, 1.807) is 28.4 Å². The Morgan fingerprint density at radius 3 is 2.29 bits per heavy atom. The largest absolute Gasteiger partial charge is 0.444 e. The molecule has 0 radical (unpaired) electrons. The highest BCUT2D eigenvalue weighted by Gasteiger charge is 2.72. The van der Waals surface area contributed by atoms with Gasteiger partial charge in [0.05, 0.1) is 16.5 Å². The number of sulfonamides is 1. The lowest BCUT2D eigenvalue weighted by atomic mass is 9.97. The number of fused-ring (bicyclic) bond motifs is 1. The van der Waals surface area contributed by atoms with Crippen LogP contribution in [0.1, 0.15) is 44.4 Å². The van der Waals surface area contributed by atoms with Crippen LogP contribution in [-0.2, 0) is 14.8 Å². The first-order valence-electron chi connectivity index (χ1n) is 10.6. The van der Waals surface area contributed by atoms with Crippen molar-refractivity contribution in [3.63, 3.8) is 0 Å². The number of ether oxygens (including phenoxy) is 1. The summed E-state index contributed by atoms with van der Waals surface area (Å²) in [5.74, 6) is 0.0652. The molecular formula is C24H30N2O4S. The second kappa shape index (κ2) is 7.35. The van der Waals surface area contributed by atoms with Crippen molar-refractivity contribution in [3.8, 4) is 0 Å². The molecule has 2 fully saturated rings. The van der Waals surface area contributed by atoms with Crippen LogP contribution in [0.3, 0.4) is 0 Å². The summed E-state index contributed by atoms with van der Waals surface area (Å²) in [5, 5.41) is 0. The van der Waals surface area contributed by atoms with E-state index < -0.39 is 33.3 Å². The van der Waals surface area contributed by atoms with Gasteiger partial charge in [0.1, 0.15) is 5.60 Å². The van der Waals surface area contributed by atoms with E-state index in [4.69, 9.17) is 4.74 Å². The van der Waals surface area contributed by atoms with Gasteiger partial charge in [-0.15, -0.1) is 0 Å². The molecular weight excluding hydrogens is 412 g/mol. The van der Waals surface area contributed by atoms with Crippen LogP contribution >= 0.6 is 0 Å². The van der Waals surface area contributed by atoms with Gasteiger partial charge in [0.15, 0.2) is 0 Å². The Bertz CT molecular complexity index is 1080. The summed E-state index contributed by atoms with van der Waals surface area (Å²) in [6.07, 6.45) is 0.327. The summed E-state index contributed by atoms with van der Waals surface area (Å²) in [6, 6.07) is 16.1. The molecule has 1 heterocycles. The zero-order valence-corrected chi connectivity index (χ0v) is 19.5. The number of nitrogens with zero attached hydrogens (tertiary/aromatic N) is 2. The number of carbonyl (C=O) groups excluding carboxylic acids is 1. The van der Waals surface area contributed by atoms with Crippen LogP contribution in [0.15, 0.2) is 59.5 Å².